The molecule has 1 aromatic heterocycles. The van der Waals surface area contributed by atoms with Gasteiger partial charge in [-0.1, -0.05) is 68.7 Å². The van der Waals surface area contributed by atoms with Crippen molar-refractivity contribution in [3.63, 3.8) is 0 Å². The minimum atomic E-state index is -0.700. The Morgan fingerprint density at radius 3 is 2.49 bits per heavy atom. The summed E-state index contributed by atoms with van der Waals surface area (Å²) in [5.74, 6) is -0.491. The van der Waals surface area contributed by atoms with Crippen LogP contribution in [0.4, 0.5) is 0 Å². The minimum absolute atomic E-state index is 0.00193. The third-order valence-corrected chi connectivity index (χ3v) is 6.65. The van der Waals surface area contributed by atoms with Crippen LogP contribution in [0.3, 0.4) is 0 Å². The van der Waals surface area contributed by atoms with E-state index in [1.54, 1.807) is 20.8 Å². The number of rotatable bonds is 8. The van der Waals surface area contributed by atoms with Crippen LogP contribution >= 0.6 is 0 Å². The van der Waals surface area contributed by atoms with Crippen molar-refractivity contribution in [1.82, 2.24) is 9.97 Å². The van der Waals surface area contributed by atoms with Crippen molar-refractivity contribution in [3.8, 4) is 11.6 Å². The Morgan fingerprint density at radius 1 is 1.06 bits per heavy atom. The standard InChI is InChI=1S/C29H36N2O4/c1-5-6-18-34-25-24(27(33)35-28(2,3)4)30-23(31-26(25)32)19-29(16-9-10-17-29)22-15-11-13-20-12-7-8-14-21(20)22/h7-8,11-15H,5-6,9-10,16-19H2,1-4H3,(H,30,31,32). The van der Waals surface area contributed by atoms with Gasteiger partial charge in [0.2, 0.25) is 5.75 Å². The number of nitrogens with zero attached hydrogens (tertiary/aromatic N) is 2. The third-order valence-electron chi connectivity index (χ3n) is 6.65. The van der Waals surface area contributed by atoms with E-state index in [0.29, 0.717) is 18.9 Å². The highest BCUT2D eigenvalue weighted by Gasteiger charge is 2.38. The van der Waals surface area contributed by atoms with Gasteiger partial charge in [-0.15, -0.1) is 0 Å². The fraction of sp³-hybridized carbons (Fsp3) is 0.483. The molecule has 0 unspecified atom stereocenters. The lowest BCUT2D eigenvalue weighted by Crippen LogP contribution is -2.28. The van der Waals surface area contributed by atoms with Crippen LogP contribution in [0.1, 0.15) is 88.1 Å². The zero-order chi connectivity index (χ0) is 25.1. The number of hydrogen-bond donors (Lipinski definition) is 1. The zero-order valence-electron chi connectivity index (χ0n) is 21.3. The molecule has 2 aromatic carbocycles. The molecule has 0 aliphatic heterocycles. The van der Waals surface area contributed by atoms with Crippen molar-refractivity contribution in [2.24, 2.45) is 0 Å². The van der Waals surface area contributed by atoms with Gasteiger partial charge in [-0.25, -0.2) is 9.78 Å². The lowest BCUT2D eigenvalue weighted by atomic mass is 9.74. The molecule has 35 heavy (non-hydrogen) atoms. The second kappa shape index (κ2) is 10.2. The van der Waals surface area contributed by atoms with E-state index in [2.05, 4.69) is 52.4 Å². The molecule has 0 saturated heterocycles. The summed E-state index contributed by atoms with van der Waals surface area (Å²) in [7, 11) is 0. The van der Waals surface area contributed by atoms with E-state index < -0.39 is 11.6 Å². The largest absolute Gasteiger partial charge is 0.491 e. The molecule has 1 aliphatic carbocycles. The van der Waals surface area contributed by atoms with Crippen LogP contribution in [0.5, 0.6) is 11.6 Å². The monoisotopic (exact) mass is 476 g/mol. The fourth-order valence-electron chi connectivity index (χ4n) is 5.06. The van der Waals surface area contributed by atoms with Crippen molar-refractivity contribution in [2.45, 2.75) is 83.7 Å². The predicted molar refractivity (Wildman–Crippen MR) is 137 cm³/mol. The minimum Gasteiger partial charge on any atom is -0.491 e. The molecule has 1 aliphatic rings. The summed E-state index contributed by atoms with van der Waals surface area (Å²) in [4.78, 5) is 22.1. The Balaban J connectivity index is 1.76. The number of unbranched alkanes of at least 4 members (excludes halogenated alkanes) is 1. The van der Waals surface area contributed by atoms with Gasteiger partial charge in [0.05, 0.1) is 6.61 Å². The van der Waals surface area contributed by atoms with Gasteiger partial charge in [0.15, 0.2) is 5.69 Å². The lowest BCUT2D eigenvalue weighted by molar-refractivity contribution is 0.00568. The van der Waals surface area contributed by atoms with Crippen LogP contribution in [-0.2, 0) is 16.6 Å². The molecule has 4 rings (SSSR count). The maximum Gasteiger partial charge on any atom is 0.361 e. The summed E-state index contributed by atoms with van der Waals surface area (Å²) < 4.78 is 11.4. The summed E-state index contributed by atoms with van der Waals surface area (Å²) in [5, 5.41) is 13.3. The van der Waals surface area contributed by atoms with E-state index in [1.165, 1.54) is 16.3 Å². The average Bonchev–Trinajstić information content (AvgIpc) is 3.28. The van der Waals surface area contributed by atoms with Crippen molar-refractivity contribution in [3.05, 3.63) is 59.5 Å². The molecule has 1 N–H and O–H groups in total. The normalized spacial score (nSPS) is 15.3. The van der Waals surface area contributed by atoms with Crippen LogP contribution in [-0.4, -0.2) is 33.3 Å². The van der Waals surface area contributed by atoms with Gasteiger partial charge >= 0.3 is 5.97 Å². The van der Waals surface area contributed by atoms with Gasteiger partial charge in [0, 0.05) is 11.8 Å². The van der Waals surface area contributed by atoms with Crippen molar-refractivity contribution in [2.75, 3.05) is 6.61 Å². The Morgan fingerprint density at radius 2 is 1.77 bits per heavy atom. The molecule has 0 bridgehead atoms. The molecule has 1 fully saturated rings. The van der Waals surface area contributed by atoms with Gasteiger partial charge in [0.1, 0.15) is 11.4 Å². The SMILES string of the molecule is CCCCOc1c(O)nc(CC2(c3cccc4ccccc34)CCCC2)nc1C(=O)OC(C)(C)C. The van der Waals surface area contributed by atoms with E-state index in [1.807, 2.05) is 6.92 Å². The number of carbonyl (C=O) groups is 1. The predicted octanol–water partition coefficient (Wildman–Crippen LogP) is 6.52. The van der Waals surface area contributed by atoms with Gasteiger partial charge < -0.3 is 14.6 Å². The summed E-state index contributed by atoms with van der Waals surface area (Å²) in [6.07, 6.45) is 6.48. The van der Waals surface area contributed by atoms with Gasteiger partial charge in [-0.2, -0.15) is 4.98 Å². The van der Waals surface area contributed by atoms with Crippen LogP contribution in [0, 0.1) is 0 Å². The first kappa shape index (κ1) is 25.0. The highest BCUT2D eigenvalue weighted by Crippen LogP contribution is 2.46. The number of aromatic nitrogens is 2. The smallest absolute Gasteiger partial charge is 0.361 e. The number of esters is 1. The molecular weight excluding hydrogens is 440 g/mol. The highest BCUT2D eigenvalue weighted by atomic mass is 16.6. The first-order valence-corrected chi connectivity index (χ1v) is 12.7. The van der Waals surface area contributed by atoms with Crippen LogP contribution in [0.2, 0.25) is 0 Å². The molecule has 1 saturated carbocycles. The number of fused-ring (bicyclic) bond motifs is 1. The van der Waals surface area contributed by atoms with Crippen LogP contribution < -0.4 is 4.74 Å². The molecule has 1 heterocycles. The molecule has 186 valence electrons. The molecular formula is C29H36N2O4. The van der Waals surface area contributed by atoms with Gasteiger partial charge in [-0.05, 0) is 56.4 Å². The molecule has 6 heteroatoms. The first-order chi connectivity index (χ1) is 16.7. The molecule has 0 spiro atoms. The molecule has 0 radical (unpaired) electrons. The quantitative estimate of drug-likeness (QED) is 0.294. The van der Waals surface area contributed by atoms with Crippen molar-refractivity contribution in [1.29, 1.82) is 0 Å². The number of ether oxygens (including phenoxy) is 2. The van der Waals surface area contributed by atoms with E-state index >= 15 is 0 Å². The number of carbonyl (C=O) groups excluding carboxylic acids is 1. The van der Waals surface area contributed by atoms with Crippen LogP contribution in [0.25, 0.3) is 10.8 Å². The van der Waals surface area contributed by atoms with Crippen molar-refractivity contribution < 1.29 is 19.4 Å². The fourth-order valence-corrected chi connectivity index (χ4v) is 5.06. The Kier molecular flexibility index (Phi) is 7.29. The summed E-state index contributed by atoms with van der Waals surface area (Å²) in [6.45, 7) is 7.82. The molecule has 0 atom stereocenters. The maximum atomic E-state index is 13.1. The van der Waals surface area contributed by atoms with E-state index in [9.17, 15) is 9.90 Å². The molecule has 0 amide bonds. The van der Waals surface area contributed by atoms with Crippen molar-refractivity contribution >= 4 is 16.7 Å². The highest BCUT2D eigenvalue weighted by molar-refractivity contribution is 5.91. The molecule has 6 nitrogen and oxygen atoms in total. The van der Waals surface area contributed by atoms with E-state index in [0.717, 1.165) is 38.5 Å². The topological polar surface area (TPSA) is 81.5 Å². The van der Waals surface area contributed by atoms with E-state index in [4.69, 9.17) is 9.47 Å². The van der Waals surface area contributed by atoms with Crippen LogP contribution in [0.15, 0.2) is 42.5 Å². The average molecular weight is 477 g/mol. The molecule has 3 aromatic rings. The summed E-state index contributed by atoms with van der Waals surface area (Å²) in [5.41, 5.74) is 0.403. The number of benzene rings is 2. The summed E-state index contributed by atoms with van der Waals surface area (Å²) >= 11 is 0. The first-order valence-electron chi connectivity index (χ1n) is 12.7. The summed E-state index contributed by atoms with van der Waals surface area (Å²) in [6, 6.07) is 14.9. The maximum absolute atomic E-state index is 13.1. The third kappa shape index (κ3) is 5.58. The van der Waals surface area contributed by atoms with Gasteiger partial charge in [-0.3, -0.25) is 0 Å². The Bertz CT molecular complexity index is 1190. The zero-order valence-corrected chi connectivity index (χ0v) is 21.3. The second-order valence-electron chi connectivity index (χ2n) is 10.5. The Hall–Kier alpha value is -3.15. The van der Waals surface area contributed by atoms with Gasteiger partial charge in [0.25, 0.3) is 5.88 Å². The second-order valence-corrected chi connectivity index (χ2v) is 10.5. The number of aromatic hydroxyl groups is 1. The lowest BCUT2D eigenvalue weighted by Gasteiger charge is -2.31. The van der Waals surface area contributed by atoms with E-state index in [-0.39, 0.29) is 22.7 Å². The number of hydrogen-bond acceptors (Lipinski definition) is 6. The Labute approximate surface area is 207 Å².